The summed E-state index contributed by atoms with van der Waals surface area (Å²) in [5.41, 5.74) is 3.54. The number of halogens is 1. The lowest BCUT2D eigenvalue weighted by atomic mass is 9.97. The van der Waals surface area contributed by atoms with Gasteiger partial charge < -0.3 is 5.32 Å². The topological polar surface area (TPSA) is 12.0 Å². The van der Waals surface area contributed by atoms with E-state index in [-0.39, 0.29) is 6.04 Å². The average Bonchev–Trinajstić information content (AvgIpc) is 2.88. The number of fused-ring (bicyclic) bond motifs is 1. The molecule has 0 aliphatic heterocycles. The second-order valence-electron chi connectivity index (χ2n) is 4.89. The van der Waals surface area contributed by atoms with Crippen LogP contribution < -0.4 is 5.32 Å². The molecule has 0 saturated carbocycles. The first-order chi connectivity index (χ1) is 9.72. The van der Waals surface area contributed by atoms with E-state index in [1.807, 2.05) is 20.0 Å². The molecule has 102 valence electrons. The summed E-state index contributed by atoms with van der Waals surface area (Å²) in [6, 6.07) is 14.8. The Morgan fingerprint density at radius 1 is 1.05 bits per heavy atom. The summed E-state index contributed by atoms with van der Waals surface area (Å²) < 4.78 is 1.31. The zero-order valence-corrected chi connectivity index (χ0v) is 13.1. The molecule has 0 spiro atoms. The molecule has 1 aromatic heterocycles. The highest BCUT2D eigenvalue weighted by Gasteiger charge is 2.19. The Labute approximate surface area is 128 Å². The molecule has 1 atom stereocenters. The van der Waals surface area contributed by atoms with E-state index in [1.54, 1.807) is 11.3 Å². The Kier molecular flexibility index (Phi) is 3.79. The Bertz CT molecular complexity index is 748. The van der Waals surface area contributed by atoms with Gasteiger partial charge in [0.2, 0.25) is 0 Å². The van der Waals surface area contributed by atoms with Gasteiger partial charge in [0.05, 0.1) is 6.04 Å². The van der Waals surface area contributed by atoms with Crippen molar-refractivity contribution in [2.75, 3.05) is 7.05 Å². The molecule has 20 heavy (non-hydrogen) atoms. The van der Waals surface area contributed by atoms with Crippen LogP contribution in [0.5, 0.6) is 0 Å². The summed E-state index contributed by atoms with van der Waals surface area (Å²) in [6.45, 7) is 2.05. The zero-order valence-electron chi connectivity index (χ0n) is 11.5. The van der Waals surface area contributed by atoms with Crippen molar-refractivity contribution in [1.82, 2.24) is 5.32 Å². The largest absolute Gasteiger partial charge is 0.309 e. The molecule has 3 aromatic rings. The number of hydrogen-bond acceptors (Lipinski definition) is 2. The molecule has 1 N–H and O–H groups in total. The molecule has 1 unspecified atom stereocenters. The standard InChI is InChI=1S/C17H16ClNS/c1-11-6-5-8-13(16(11)18)17(19-2)14-10-20-15-9-4-3-7-12(14)15/h3-10,17,19H,1-2H3. The highest BCUT2D eigenvalue weighted by molar-refractivity contribution is 7.17. The molecule has 3 rings (SSSR count). The first kappa shape index (κ1) is 13.6. The monoisotopic (exact) mass is 301 g/mol. The number of aryl methyl sites for hydroxylation is 1. The van der Waals surface area contributed by atoms with Crippen LogP contribution >= 0.6 is 22.9 Å². The summed E-state index contributed by atoms with van der Waals surface area (Å²) in [6.07, 6.45) is 0. The third-order valence-electron chi connectivity index (χ3n) is 3.64. The SMILES string of the molecule is CNC(c1cccc(C)c1Cl)c1csc2ccccc12. The van der Waals surface area contributed by atoms with Gasteiger partial charge in [-0.05, 0) is 47.5 Å². The van der Waals surface area contributed by atoms with Crippen molar-refractivity contribution in [3.63, 3.8) is 0 Å². The van der Waals surface area contributed by atoms with Crippen LogP contribution in [0.3, 0.4) is 0 Å². The van der Waals surface area contributed by atoms with Gasteiger partial charge in [0, 0.05) is 9.72 Å². The second kappa shape index (κ2) is 5.57. The molecule has 1 nitrogen and oxygen atoms in total. The maximum Gasteiger partial charge on any atom is 0.0603 e. The minimum absolute atomic E-state index is 0.124. The highest BCUT2D eigenvalue weighted by atomic mass is 35.5. The van der Waals surface area contributed by atoms with Crippen molar-refractivity contribution >= 4 is 33.0 Å². The van der Waals surface area contributed by atoms with Crippen molar-refractivity contribution in [3.05, 3.63) is 69.6 Å². The number of rotatable bonds is 3. The molecule has 1 heterocycles. The van der Waals surface area contributed by atoms with E-state index < -0.39 is 0 Å². The van der Waals surface area contributed by atoms with Crippen LogP contribution in [0.4, 0.5) is 0 Å². The molecule has 0 saturated heterocycles. The lowest BCUT2D eigenvalue weighted by Gasteiger charge is -2.19. The van der Waals surface area contributed by atoms with Gasteiger partial charge in [0.25, 0.3) is 0 Å². The fourth-order valence-corrected chi connectivity index (χ4v) is 3.82. The summed E-state index contributed by atoms with van der Waals surface area (Å²) >= 11 is 8.28. The van der Waals surface area contributed by atoms with E-state index in [4.69, 9.17) is 11.6 Å². The minimum Gasteiger partial charge on any atom is -0.309 e. The predicted octanol–water partition coefficient (Wildman–Crippen LogP) is 5.17. The van der Waals surface area contributed by atoms with Crippen LogP contribution in [0, 0.1) is 6.92 Å². The fraction of sp³-hybridized carbons (Fsp3) is 0.176. The molecule has 0 aliphatic carbocycles. The van der Waals surface area contributed by atoms with Gasteiger partial charge in [-0.25, -0.2) is 0 Å². The van der Waals surface area contributed by atoms with Gasteiger partial charge >= 0.3 is 0 Å². The smallest absolute Gasteiger partial charge is 0.0603 e. The van der Waals surface area contributed by atoms with Gasteiger partial charge in [0.1, 0.15) is 0 Å². The number of benzene rings is 2. The molecule has 0 aliphatic rings. The van der Waals surface area contributed by atoms with Crippen LogP contribution in [0.1, 0.15) is 22.7 Å². The second-order valence-corrected chi connectivity index (χ2v) is 6.18. The lowest BCUT2D eigenvalue weighted by molar-refractivity contribution is 0.698. The maximum absolute atomic E-state index is 6.50. The molecular formula is C17H16ClNS. The van der Waals surface area contributed by atoms with Crippen LogP contribution in [0.25, 0.3) is 10.1 Å². The van der Waals surface area contributed by atoms with Crippen LogP contribution in [0.15, 0.2) is 47.8 Å². The van der Waals surface area contributed by atoms with Gasteiger partial charge in [0.15, 0.2) is 0 Å². The zero-order chi connectivity index (χ0) is 14.1. The Balaban J connectivity index is 2.17. The van der Waals surface area contributed by atoms with Crippen molar-refractivity contribution in [2.24, 2.45) is 0 Å². The Morgan fingerprint density at radius 2 is 1.85 bits per heavy atom. The van der Waals surface area contributed by atoms with Crippen molar-refractivity contribution in [2.45, 2.75) is 13.0 Å². The number of thiophene rings is 1. The van der Waals surface area contributed by atoms with Crippen molar-refractivity contribution < 1.29 is 0 Å². The van der Waals surface area contributed by atoms with Crippen molar-refractivity contribution in [1.29, 1.82) is 0 Å². The summed E-state index contributed by atoms with van der Waals surface area (Å²) in [4.78, 5) is 0. The normalized spacial score (nSPS) is 12.8. The van der Waals surface area contributed by atoms with Gasteiger partial charge in [-0.2, -0.15) is 0 Å². The first-order valence-corrected chi connectivity index (χ1v) is 7.86. The minimum atomic E-state index is 0.124. The summed E-state index contributed by atoms with van der Waals surface area (Å²) in [5.74, 6) is 0. The molecular weight excluding hydrogens is 286 g/mol. The maximum atomic E-state index is 6.50. The van der Waals surface area contributed by atoms with E-state index >= 15 is 0 Å². The first-order valence-electron chi connectivity index (χ1n) is 6.60. The molecule has 0 radical (unpaired) electrons. The lowest BCUT2D eigenvalue weighted by Crippen LogP contribution is -2.17. The summed E-state index contributed by atoms with van der Waals surface area (Å²) in [5, 5.41) is 7.78. The third-order valence-corrected chi connectivity index (χ3v) is 5.14. The average molecular weight is 302 g/mol. The number of hydrogen-bond donors (Lipinski definition) is 1. The van der Waals surface area contributed by atoms with Crippen molar-refractivity contribution in [3.8, 4) is 0 Å². The molecule has 0 fully saturated rings. The number of nitrogens with one attached hydrogen (secondary N) is 1. The summed E-state index contributed by atoms with van der Waals surface area (Å²) in [7, 11) is 1.98. The van der Waals surface area contributed by atoms with Gasteiger partial charge in [-0.15, -0.1) is 11.3 Å². The molecule has 0 bridgehead atoms. The third kappa shape index (κ3) is 2.24. The fourth-order valence-electron chi connectivity index (χ4n) is 2.59. The van der Waals surface area contributed by atoms with Crippen LogP contribution in [-0.4, -0.2) is 7.05 Å². The van der Waals surface area contributed by atoms with E-state index in [1.165, 1.54) is 15.6 Å². The van der Waals surface area contributed by atoms with Crippen LogP contribution in [-0.2, 0) is 0 Å². The van der Waals surface area contributed by atoms with E-state index in [9.17, 15) is 0 Å². The Hall–Kier alpha value is -1.35. The van der Waals surface area contributed by atoms with Crippen LogP contribution in [0.2, 0.25) is 5.02 Å². The quantitative estimate of drug-likeness (QED) is 0.703. The molecule has 2 aromatic carbocycles. The van der Waals surface area contributed by atoms with Gasteiger partial charge in [-0.1, -0.05) is 48.0 Å². The van der Waals surface area contributed by atoms with E-state index in [2.05, 4.69) is 47.1 Å². The molecule has 3 heteroatoms. The van der Waals surface area contributed by atoms with E-state index in [0.29, 0.717) is 0 Å². The Morgan fingerprint density at radius 3 is 2.65 bits per heavy atom. The molecule has 0 amide bonds. The van der Waals surface area contributed by atoms with E-state index in [0.717, 1.165) is 16.1 Å². The highest BCUT2D eigenvalue weighted by Crippen LogP contribution is 2.36. The predicted molar refractivity (Wildman–Crippen MR) is 88.9 cm³/mol. The van der Waals surface area contributed by atoms with Gasteiger partial charge in [-0.3, -0.25) is 0 Å².